The first-order chi connectivity index (χ1) is 14.1. The fraction of sp³-hybridized carbons (Fsp3) is 0.364. The minimum atomic E-state index is -0.0874. The van der Waals surface area contributed by atoms with Crippen LogP contribution in [-0.2, 0) is 4.79 Å². The average molecular weight is 417 g/mol. The molecular formula is C22H25ClN2O4. The van der Waals surface area contributed by atoms with E-state index in [1.165, 1.54) is 0 Å². The summed E-state index contributed by atoms with van der Waals surface area (Å²) in [6, 6.07) is 14.4. The van der Waals surface area contributed by atoms with E-state index in [-0.39, 0.29) is 11.8 Å². The van der Waals surface area contributed by atoms with E-state index in [4.69, 9.17) is 21.1 Å². The molecule has 2 aromatic rings. The molecule has 0 N–H and O–H groups in total. The Bertz CT molecular complexity index is 833. The van der Waals surface area contributed by atoms with Crippen LogP contribution in [0.3, 0.4) is 0 Å². The van der Waals surface area contributed by atoms with Gasteiger partial charge in [0.05, 0.1) is 24.3 Å². The summed E-state index contributed by atoms with van der Waals surface area (Å²) in [7, 11) is 1.62. The van der Waals surface area contributed by atoms with Crippen LogP contribution in [0.4, 0.5) is 0 Å². The number of hydrogen-bond acceptors (Lipinski definition) is 4. The number of halogens is 1. The highest BCUT2D eigenvalue weighted by molar-refractivity contribution is 6.33. The molecule has 7 heteroatoms. The summed E-state index contributed by atoms with van der Waals surface area (Å²) in [5.41, 5.74) is 0.504. The van der Waals surface area contributed by atoms with Gasteiger partial charge in [0.15, 0.2) is 0 Å². The van der Waals surface area contributed by atoms with E-state index >= 15 is 0 Å². The minimum Gasteiger partial charge on any atom is -0.497 e. The molecule has 1 fully saturated rings. The molecule has 2 amide bonds. The summed E-state index contributed by atoms with van der Waals surface area (Å²) in [5.74, 6) is 1.54. The van der Waals surface area contributed by atoms with Crippen LogP contribution in [-0.4, -0.2) is 61.5 Å². The molecule has 0 aliphatic carbocycles. The van der Waals surface area contributed by atoms with Crippen molar-refractivity contribution in [2.24, 2.45) is 0 Å². The number of hydrogen-bond donors (Lipinski definition) is 0. The van der Waals surface area contributed by atoms with Crippen molar-refractivity contribution in [2.45, 2.75) is 12.8 Å². The maximum atomic E-state index is 12.6. The molecule has 0 atom stereocenters. The van der Waals surface area contributed by atoms with E-state index in [1.54, 1.807) is 36.3 Å². The Balaban J connectivity index is 1.38. The third-order valence-corrected chi connectivity index (χ3v) is 5.22. The van der Waals surface area contributed by atoms with Crippen molar-refractivity contribution in [3.05, 3.63) is 59.1 Å². The minimum absolute atomic E-state index is 0.0874. The Labute approximate surface area is 176 Å². The first kappa shape index (κ1) is 21.0. The Morgan fingerprint density at radius 3 is 2.21 bits per heavy atom. The Morgan fingerprint density at radius 2 is 1.55 bits per heavy atom. The normalized spacial score (nSPS) is 13.9. The lowest BCUT2D eigenvalue weighted by atomic mass is 10.1. The van der Waals surface area contributed by atoms with Gasteiger partial charge in [-0.3, -0.25) is 9.59 Å². The van der Waals surface area contributed by atoms with Gasteiger partial charge in [0.1, 0.15) is 11.5 Å². The summed E-state index contributed by atoms with van der Waals surface area (Å²) in [6.45, 7) is 2.57. The molecule has 1 aliphatic heterocycles. The van der Waals surface area contributed by atoms with Crippen LogP contribution in [0.5, 0.6) is 11.5 Å². The zero-order chi connectivity index (χ0) is 20.6. The first-order valence-corrected chi connectivity index (χ1v) is 10.0. The van der Waals surface area contributed by atoms with Crippen LogP contribution in [0.1, 0.15) is 23.2 Å². The fourth-order valence-electron chi connectivity index (χ4n) is 3.21. The van der Waals surface area contributed by atoms with Gasteiger partial charge in [-0.1, -0.05) is 23.7 Å². The van der Waals surface area contributed by atoms with E-state index in [2.05, 4.69) is 0 Å². The maximum Gasteiger partial charge on any atom is 0.255 e. The number of amides is 2. The zero-order valence-electron chi connectivity index (χ0n) is 16.5. The molecule has 6 nitrogen and oxygen atoms in total. The molecule has 154 valence electrons. The summed E-state index contributed by atoms with van der Waals surface area (Å²) < 4.78 is 10.8. The Kier molecular flexibility index (Phi) is 7.36. The monoisotopic (exact) mass is 416 g/mol. The lowest BCUT2D eigenvalue weighted by Crippen LogP contribution is -2.50. The number of nitrogens with zero attached hydrogens (tertiary/aromatic N) is 2. The number of piperazine rings is 1. The summed E-state index contributed by atoms with van der Waals surface area (Å²) in [6.07, 6.45) is 1.07. The fourth-order valence-corrected chi connectivity index (χ4v) is 3.42. The van der Waals surface area contributed by atoms with E-state index in [0.29, 0.717) is 56.2 Å². The number of ether oxygens (including phenoxy) is 2. The van der Waals surface area contributed by atoms with Gasteiger partial charge in [0.2, 0.25) is 5.91 Å². The highest BCUT2D eigenvalue weighted by atomic mass is 35.5. The van der Waals surface area contributed by atoms with Crippen molar-refractivity contribution in [3.8, 4) is 11.5 Å². The lowest BCUT2D eigenvalue weighted by Gasteiger charge is -2.35. The van der Waals surface area contributed by atoms with Gasteiger partial charge < -0.3 is 19.3 Å². The van der Waals surface area contributed by atoms with Crippen molar-refractivity contribution >= 4 is 23.4 Å². The van der Waals surface area contributed by atoms with Gasteiger partial charge in [-0.15, -0.1) is 0 Å². The smallest absolute Gasteiger partial charge is 0.255 e. The van der Waals surface area contributed by atoms with Crippen LogP contribution in [0.25, 0.3) is 0 Å². The summed E-state index contributed by atoms with van der Waals surface area (Å²) in [4.78, 5) is 28.6. The van der Waals surface area contributed by atoms with Crippen molar-refractivity contribution in [2.75, 3.05) is 39.9 Å². The second kappa shape index (κ2) is 10.2. The maximum absolute atomic E-state index is 12.6. The average Bonchev–Trinajstić information content (AvgIpc) is 2.77. The molecule has 0 unspecified atom stereocenters. The van der Waals surface area contributed by atoms with Crippen LogP contribution in [0.15, 0.2) is 48.5 Å². The third kappa shape index (κ3) is 5.64. The van der Waals surface area contributed by atoms with Gasteiger partial charge >= 0.3 is 0 Å². The zero-order valence-corrected chi connectivity index (χ0v) is 17.2. The summed E-state index contributed by atoms with van der Waals surface area (Å²) in [5, 5.41) is 0.452. The van der Waals surface area contributed by atoms with Crippen LogP contribution >= 0.6 is 11.6 Å². The molecule has 1 heterocycles. The first-order valence-electron chi connectivity index (χ1n) is 9.67. The lowest BCUT2D eigenvalue weighted by molar-refractivity contribution is -0.132. The number of methoxy groups -OCH3 is 1. The van der Waals surface area contributed by atoms with Crippen molar-refractivity contribution < 1.29 is 19.1 Å². The van der Waals surface area contributed by atoms with Gasteiger partial charge in [-0.25, -0.2) is 0 Å². The number of benzene rings is 2. The molecule has 0 spiro atoms. The molecule has 0 bridgehead atoms. The van der Waals surface area contributed by atoms with E-state index in [9.17, 15) is 9.59 Å². The highest BCUT2D eigenvalue weighted by Gasteiger charge is 2.25. The van der Waals surface area contributed by atoms with Gasteiger partial charge in [0, 0.05) is 32.6 Å². The molecule has 1 aliphatic rings. The van der Waals surface area contributed by atoms with Crippen molar-refractivity contribution in [3.63, 3.8) is 0 Å². The number of carbonyl (C=O) groups is 2. The molecule has 2 aromatic carbocycles. The van der Waals surface area contributed by atoms with E-state index in [0.717, 1.165) is 11.5 Å². The van der Waals surface area contributed by atoms with Gasteiger partial charge in [-0.2, -0.15) is 0 Å². The van der Waals surface area contributed by atoms with Gasteiger partial charge in [0.25, 0.3) is 5.91 Å². The molecular weight excluding hydrogens is 392 g/mol. The van der Waals surface area contributed by atoms with E-state index < -0.39 is 0 Å². The molecule has 29 heavy (non-hydrogen) atoms. The predicted molar refractivity (Wildman–Crippen MR) is 112 cm³/mol. The molecule has 0 saturated carbocycles. The predicted octanol–water partition coefficient (Wildman–Crippen LogP) is 3.49. The van der Waals surface area contributed by atoms with Crippen LogP contribution in [0, 0.1) is 0 Å². The van der Waals surface area contributed by atoms with Gasteiger partial charge in [-0.05, 0) is 42.8 Å². The van der Waals surface area contributed by atoms with Crippen molar-refractivity contribution in [1.29, 1.82) is 0 Å². The van der Waals surface area contributed by atoms with Crippen LogP contribution < -0.4 is 9.47 Å². The number of rotatable bonds is 7. The van der Waals surface area contributed by atoms with Crippen LogP contribution in [0.2, 0.25) is 5.02 Å². The molecule has 1 saturated heterocycles. The van der Waals surface area contributed by atoms with Crippen molar-refractivity contribution in [1.82, 2.24) is 9.80 Å². The SMILES string of the molecule is COc1ccc(OCCCC(=O)N2CCN(C(=O)c3ccccc3Cl)CC2)cc1. The highest BCUT2D eigenvalue weighted by Crippen LogP contribution is 2.19. The largest absolute Gasteiger partial charge is 0.497 e. The quantitative estimate of drug-likeness (QED) is 0.648. The third-order valence-electron chi connectivity index (χ3n) is 4.89. The van der Waals surface area contributed by atoms with E-state index in [1.807, 2.05) is 29.2 Å². The number of carbonyl (C=O) groups excluding carboxylic acids is 2. The summed E-state index contributed by atoms with van der Waals surface area (Å²) >= 11 is 6.12. The molecule has 0 radical (unpaired) electrons. The Morgan fingerprint density at radius 1 is 0.931 bits per heavy atom. The topological polar surface area (TPSA) is 59.1 Å². The second-order valence-electron chi connectivity index (χ2n) is 6.78. The molecule has 3 rings (SSSR count). The molecule has 0 aromatic heterocycles. The standard InChI is InChI=1S/C22H25ClN2O4/c1-28-17-8-10-18(11-9-17)29-16-4-7-21(26)24-12-14-25(15-13-24)22(27)19-5-2-3-6-20(19)23/h2-3,5-6,8-11H,4,7,12-16H2,1H3. The Hall–Kier alpha value is -2.73. The second-order valence-corrected chi connectivity index (χ2v) is 7.19.